The number of thioether (sulfide) groups is 1. The number of benzene rings is 1. The van der Waals surface area contributed by atoms with E-state index in [1.807, 2.05) is 43.3 Å². The Balaban J connectivity index is 1.84. The van der Waals surface area contributed by atoms with Gasteiger partial charge in [-0.25, -0.2) is 0 Å². The Labute approximate surface area is 221 Å². The van der Waals surface area contributed by atoms with E-state index in [2.05, 4.69) is 17.9 Å². The zero-order chi connectivity index (χ0) is 25.8. The zero-order valence-corrected chi connectivity index (χ0v) is 22.5. The third-order valence-corrected chi connectivity index (χ3v) is 7.99. The molecule has 2 aliphatic heterocycles. The molecule has 9 heteroatoms. The molecule has 0 radical (unpaired) electrons. The number of hydrogen-bond donors (Lipinski definition) is 0. The van der Waals surface area contributed by atoms with Crippen LogP contribution in [0.4, 0.5) is 5.82 Å². The second-order valence-corrected chi connectivity index (χ2v) is 10.6. The van der Waals surface area contributed by atoms with Crippen molar-refractivity contribution in [1.29, 1.82) is 5.26 Å². The first-order valence-corrected chi connectivity index (χ1v) is 13.4. The highest BCUT2D eigenvalue weighted by atomic mass is 32.2. The number of rotatable bonds is 7. The maximum atomic E-state index is 13.6. The SMILES string of the molecule is CCCCn1c(N2CCOCC2)c(/C=C2/SC(=S)N(C(C)c3ccccc3)C2=O)c(C)c(C#N)c1=O. The van der Waals surface area contributed by atoms with Gasteiger partial charge in [0.2, 0.25) is 0 Å². The van der Waals surface area contributed by atoms with Crippen LogP contribution in [0.15, 0.2) is 40.0 Å². The summed E-state index contributed by atoms with van der Waals surface area (Å²) in [6, 6.07) is 11.7. The minimum atomic E-state index is -0.285. The molecule has 36 heavy (non-hydrogen) atoms. The summed E-state index contributed by atoms with van der Waals surface area (Å²) in [7, 11) is 0. The van der Waals surface area contributed by atoms with Crippen LogP contribution < -0.4 is 10.5 Å². The third-order valence-electron chi connectivity index (χ3n) is 6.66. The fraction of sp³-hybridized carbons (Fsp3) is 0.407. The molecule has 1 amide bonds. The minimum Gasteiger partial charge on any atom is -0.378 e. The standard InChI is InChI=1S/C27H30N4O3S2/c1-4-5-11-30-24(29-12-14-34-15-13-29)21(18(2)22(17-28)25(30)32)16-23-26(33)31(27(35)36-23)19(3)20-9-7-6-8-10-20/h6-10,16,19H,4-5,11-15H2,1-3H3/b23-16+. The monoisotopic (exact) mass is 522 g/mol. The van der Waals surface area contributed by atoms with Crippen LogP contribution in [0.1, 0.15) is 55.0 Å². The molecule has 2 aromatic rings. The predicted octanol–water partition coefficient (Wildman–Crippen LogP) is 4.63. The fourth-order valence-electron chi connectivity index (χ4n) is 4.61. The molecular formula is C27H30N4O3S2. The number of nitriles is 1. The van der Waals surface area contributed by atoms with E-state index >= 15 is 0 Å². The van der Waals surface area contributed by atoms with Gasteiger partial charge in [0, 0.05) is 25.2 Å². The lowest BCUT2D eigenvalue weighted by Crippen LogP contribution is -2.41. The molecule has 3 heterocycles. The average Bonchev–Trinajstić information content (AvgIpc) is 3.18. The Hall–Kier alpha value is -2.93. The van der Waals surface area contributed by atoms with Crippen molar-refractivity contribution in [1.82, 2.24) is 9.47 Å². The number of unbranched alkanes of at least 4 members (excludes halogenated alkanes) is 1. The summed E-state index contributed by atoms with van der Waals surface area (Å²) >= 11 is 6.88. The number of carbonyl (C=O) groups excluding carboxylic acids is 1. The Morgan fingerprint density at radius 2 is 1.92 bits per heavy atom. The van der Waals surface area contributed by atoms with Crippen LogP contribution in [0, 0.1) is 18.3 Å². The van der Waals surface area contributed by atoms with Crippen molar-refractivity contribution in [2.75, 3.05) is 31.2 Å². The van der Waals surface area contributed by atoms with Crippen molar-refractivity contribution in [2.24, 2.45) is 0 Å². The maximum Gasteiger partial charge on any atom is 0.270 e. The molecule has 1 aromatic heterocycles. The Kier molecular flexibility index (Phi) is 8.29. The quantitative estimate of drug-likeness (QED) is 0.388. The lowest BCUT2D eigenvalue weighted by Gasteiger charge is -2.33. The Bertz CT molecular complexity index is 1290. The largest absolute Gasteiger partial charge is 0.378 e. The van der Waals surface area contributed by atoms with Gasteiger partial charge in [0.15, 0.2) is 0 Å². The van der Waals surface area contributed by atoms with Gasteiger partial charge in [0.1, 0.15) is 21.8 Å². The van der Waals surface area contributed by atoms with Crippen molar-refractivity contribution in [3.05, 3.63) is 67.8 Å². The van der Waals surface area contributed by atoms with Gasteiger partial charge in [-0.2, -0.15) is 5.26 Å². The molecule has 188 valence electrons. The average molecular weight is 523 g/mol. The first-order chi connectivity index (χ1) is 17.4. The number of hydrogen-bond acceptors (Lipinski definition) is 7. The fourth-order valence-corrected chi connectivity index (χ4v) is 6.01. The molecular weight excluding hydrogens is 492 g/mol. The predicted molar refractivity (Wildman–Crippen MR) is 148 cm³/mol. The molecule has 2 saturated heterocycles. The summed E-state index contributed by atoms with van der Waals surface area (Å²) in [6.45, 7) is 8.68. The molecule has 0 bridgehead atoms. The van der Waals surface area contributed by atoms with E-state index in [0.29, 0.717) is 47.6 Å². The van der Waals surface area contributed by atoms with Crippen LogP contribution in [0.25, 0.3) is 6.08 Å². The molecule has 1 unspecified atom stereocenters. The van der Waals surface area contributed by atoms with Gasteiger partial charge >= 0.3 is 0 Å². The summed E-state index contributed by atoms with van der Waals surface area (Å²) in [5.74, 6) is 0.577. The van der Waals surface area contributed by atoms with Crippen LogP contribution in [-0.4, -0.2) is 46.0 Å². The van der Waals surface area contributed by atoms with Crippen LogP contribution in [0.3, 0.4) is 0 Å². The van der Waals surface area contributed by atoms with Gasteiger partial charge in [-0.3, -0.25) is 19.1 Å². The van der Waals surface area contributed by atoms with Crippen LogP contribution in [0.5, 0.6) is 0 Å². The minimum absolute atomic E-state index is 0.113. The second kappa shape index (κ2) is 11.4. The van der Waals surface area contributed by atoms with E-state index in [0.717, 1.165) is 29.8 Å². The molecule has 0 saturated carbocycles. The number of ether oxygens (including phenoxy) is 1. The molecule has 1 aromatic carbocycles. The molecule has 2 aliphatic rings. The number of carbonyl (C=O) groups is 1. The van der Waals surface area contributed by atoms with E-state index in [1.54, 1.807) is 16.4 Å². The number of morpholine rings is 1. The van der Waals surface area contributed by atoms with Crippen LogP contribution in [0.2, 0.25) is 0 Å². The van der Waals surface area contributed by atoms with Crippen molar-refractivity contribution >= 4 is 46.1 Å². The number of pyridine rings is 1. The highest BCUT2D eigenvalue weighted by molar-refractivity contribution is 8.26. The number of thiocarbonyl (C=S) groups is 1. The molecule has 2 fully saturated rings. The topological polar surface area (TPSA) is 78.6 Å². The van der Waals surface area contributed by atoms with Crippen molar-refractivity contribution in [3.8, 4) is 6.07 Å². The molecule has 7 nitrogen and oxygen atoms in total. The molecule has 1 atom stereocenters. The van der Waals surface area contributed by atoms with E-state index in [-0.39, 0.29) is 23.1 Å². The van der Waals surface area contributed by atoms with Gasteiger partial charge in [0.05, 0.1) is 24.2 Å². The van der Waals surface area contributed by atoms with Gasteiger partial charge in [-0.1, -0.05) is 67.7 Å². The van der Waals surface area contributed by atoms with E-state index < -0.39 is 0 Å². The lowest BCUT2D eigenvalue weighted by atomic mass is 10.0. The molecule has 0 spiro atoms. The van der Waals surface area contributed by atoms with Gasteiger partial charge in [0.25, 0.3) is 11.5 Å². The summed E-state index contributed by atoms with van der Waals surface area (Å²) in [6.07, 6.45) is 3.54. The van der Waals surface area contributed by atoms with Gasteiger partial charge in [-0.15, -0.1) is 0 Å². The van der Waals surface area contributed by atoms with Crippen LogP contribution in [-0.2, 0) is 16.1 Å². The van der Waals surface area contributed by atoms with Gasteiger partial charge in [-0.05, 0) is 37.5 Å². The smallest absolute Gasteiger partial charge is 0.270 e. The van der Waals surface area contributed by atoms with Crippen molar-refractivity contribution in [3.63, 3.8) is 0 Å². The van der Waals surface area contributed by atoms with Crippen molar-refractivity contribution in [2.45, 2.75) is 46.2 Å². The molecule has 0 N–H and O–H groups in total. The summed E-state index contributed by atoms with van der Waals surface area (Å²) in [5.41, 5.74) is 2.13. The highest BCUT2D eigenvalue weighted by Crippen LogP contribution is 2.39. The number of aromatic nitrogens is 1. The normalized spacial score (nSPS) is 18.1. The zero-order valence-electron chi connectivity index (χ0n) is 20.8. The Morgan fingerprint density at radius 1 is 1.22 bits per heavy atom. The summed E-state index contributed by atoms with van der Waals surface area (Å²) in [4.78, 5) is 31.2. The molecule has 4 rings (SSSR count). The Morgan fingerprint density at radius 3 is 2.56 bits per heavy atom. The third kappa shape index (κ3) is 4.99. The first kappa shape index (κ1) is 26.1. The number of amides is 1. The van der Waals surface area contributed by atoms with Crippen molar-refractivity contribution < 1.29 is 9.53 Å². The van der Waals surface area contributed by atoms with E-state index in [1.165, 1.54) is 11.8 Å². The maximum absolute atomic E-state index is 13.6. The second-order valence-electron chi connectivity index (χ2n) is 8.90. The van der Waals surface area contributed by atoms with E-state index in [9.17, 15) is 14.9 Å². The summed E-state index contributed by atoms with van der Waals surface area (Å²) in [5, 5.41) is 9.85. The molecule has 0 aliphatic carbocycles. The highest BCUT2D eigenvalue weighted by Gasteiger charge is 2.36. The number of anilines is 1. The van der Waals surface area contributed by atoms with Gasteiger partial charge < -0.3 is 9.64 Å². The van der Waals surface area contributed by atoms with Crippen LogP contribution >= 0.6 is 24.0 Å². The number of nitrogens with zero attached hydrogens (tertiary/aromatic N) is 4. The summed E-state index contributed by atoms with van der Waals surface area (Å²) < 4.78 is 7.76. The first-order valence-electron chi connectivity index (χ1n) is 12.2. The van der Waals surface area contributed by atoms with E-state index in [4.69, 9.17) is 17.0 Å². The lowest BCUT2D eigenvalue weighted by molar-refractivity contribution is -0.123.